The molecule has 29 heavy (non-hydrogen) atoms. The molecule has 2 aromatic rings. The number of rotatable bonds is 6. The summed E-state index contributed by atoms with van der Waals surface area (Å²) in [6.07, 6.45) is 1.01. The molecular weight excluding hydrogens is 388 g/mol. The molecule has 2 aromatic carbocycles. The lowest BCUT2D eigenvalue weighted by Gasteiger charge is -2.30. The van der Waals surface area contributed by atoms with Gasteiger partial charge in [-0.2, -0.15) is 4.31 Å². The summed E-state index contributed by atoms with van der Waals surface area (Å²) in [6, 6.07) is 12.4. The van der Waals surface area contributed by atoms with Gasteiger partial charge in [-0.05, 0) is 75.1 Å². The minimum absolute atomic E-state index is 0.0446. The Morgan fingerprint density at radius 1 is 1.10 bits per heavy atom. The lowest BCUT2D eigenvalue weighted by Crippen LogP contribution is -2.41. The summed E-state index contributed by atoms with van der Waals surface area (Å²) >= 11 is 0. The van der Waals surface area contributed by atoms with Gasteiger partial charge in [0.15, 0.2) is 0 Å². The minimum Gasteiger partial charge on any atom is -0.494 e. The fraction of sp³-hybridized carbons (Fsp3) is 0.409. The molecule has 0 unspecified atom stereocenters. The number of amides is 1. The standard InChI is InChI=1S/C22H28N2O4S/c1-4-28-19-7-9-20(10-8-19)29(26,27)24-13-11-18(12-14-24)22(25)23-21-15-16(2)5-6-17(21)3/h5-10,15,18H,4,11-14H2,1-3H3,(H,23,25). The number of piperidine rings is 1. The summed E-state index contributed by atoms with van der Waals surface area (Å²) < 4.78 is 32.6. The van der Waals surface area contributed by atoms with Gasteiger partial charge < -0.3 is 10.1 Å². The molecule has 0 aliphatic carbocycles. The van der Waals surface area contributed by atoms with Gasteiger partial charge >= 0.3 is 0 Å². The summed E-state index contributed by atoms with van der Waals surface area (Å²) in [6.45, 7) is 7.02. The van der Waals surface area contributed by atoms with E-state index in [9.17, 15) is 13.2 Å². The Hall–Kier alpha value is -2.38. The van der Waals surface area contributed by atoms with Crippen LogP contribution in [0, 0.1) is 19.8 Å². The van der Waals surface area contributed by atoms with E-state index in [4.69, 9.17) is 4.74 Å². The maximum atomic E-state index is 12.9. The lowest BCUT2D eigenvalue weighted by atomic mass is 9.97. The van der Waals surface area contributed by atoms with Crippen molar-refractivity contribution in [3.63, 3.8) is 0 Å². The predicted octanol–water partition coefficient (Wildman–Crippen LogP) is 3.74. The van der Waals surface area contributed by atoms with Gasteiger partial charge in [0.2, 0.25) is 15.9 Å². The molecule has 1 aliphatic rings. The second-order valence-corrected chi connectivity index (χ2v) is 9.33. The number of sulfonamides is 1. The number of aryl methyl sites for hydroxylation is 2. The molecule has 1 aliphatic heterocycles. The first-order chi connectivity index (χ1) is 13.8. The van der Waals surface area contributed by atoms with Crippen molar-refractivity contribution in [2.24, 2.45) is 5.92 Å². The summed E-state index contributed by atoms with van der Waals surface area (Å²) in [7, 11) is -3.57. The lowest BCUT2D eigenvalue weighted by molar-refractivity contribution is -0.120. The molecule has 0 radical (unpaired) electrons. The van der Waals surface area contributed by atoms with E-state index in [1.54, 1.807) is 24.3 Å². The highest BCUT2D eigenvalue weighted by Gasteiger charge is 2.32. The molecule has 7 heteroatoms. The Kier molecular flexibility index (Phi) is 6.59. The number of benzene rings is 2. The number of carbonyl (C=O) groups excluding carboxylic acids is 1. The van der Waals surface area contributed by atoms with Crippen molar-refractivity contribution in [1.82, 2.24) is 4.31 Å². The minimum atomic E-state index is -3.57. The number of nitrogens with zero attached hydrogens (tertiary/aromatic N) is 1. The largest absolute Gasteiger partial charge is 0.494 e. The second-order valence-electron chi connectivity index (χ2n) is 7.39. The van der Waals surface area contributed by atoms with Crippen LogP contribution in [0.4, 0.5) is 5.69 Å². The molecule has 1 saturated heterocycles. The Morgan fingerprint density at radius 2 is 1.76 bits per heavy atom. The molecule has 156 valence electrons. The summed E-state index contributed by atoms with van der Waals surface area (Å²) in [5, 5.41) is 3.00. The van der Waals surface area contributed by atoms with Gasteiger partial charge in [0.1, 0.15) is 5.75 Å². The van der Waals surface area contributed by atoms with Crippen molar-refractivity contribution in [3.05, 3.63) is 53.6 Å². The topological polar surface area (TPSA) is 75.7 Å². The number of ether oxygens (including phenoxy) is 1. The molecule has 1 fully saturated rings. The molecule has 1 amide bonds. The highest BCUT2D eigenvalue weighted by atomic mass is 32.2. The third kappa shape index (κ3) is 4.97. The maximum Gasteiger partial charge on any atom is 0.243 e. The van der Waals surface area contributed by atoms with Crippen LogP contribution < -0.4 is 10.1 Å². The smallest absolute Gasteiger partial charge is 0.243 e. The van der Waals surface area contributed by atoms with Gasteiger partial charge in [-0.3, -0.25) is 4.79 Å². The van der Waals surface area contributed by atoms with E-state index < -0.39 is 10.0 Å². The van der Waals surface area contributed by atoms with Crippen LogP contribution in [0.1, 0.15) is 30.9 Å². The molecule has 0 atom stereocenters. The van der Waals surface area contributed by atoms with Crippen LogP contribution in [0.3, 0.4) is 0 Å². The summed E-state index contributed by atoms with van der Waals surface area (Å²) in [5.74, 6) is 0.409. The van der Waals surface area contributed by atoms with E-state index in [0.29, 0.717) is 38.3 Å². The Labute approximate surface area is 172 Å². The molecular formula is C22H28N2O4S. The third-order valence-corrected chi connectivity index (χ3v) is 7.16. The number of carbonyl (C=O) groups is 1. The second kappa shape index (κ2) is 8.97. The van der Waals surface area contributed by atoms with Gasteiger partial charge in [0.05, 0.1) is 11.5 Å². The van der Waals surface area contributed by atoms with Crippen molar-refractivity contribution in [2.45, 2.75) is 38.5 Å². The molecule has 0 spiro atoms. The molecule has 0 aromatic heterocycles. The van der Waals surface area contributed by atoms with E-state index in [2.05, 4.69) is 5.32 Å². The average molecular weight is 417 g/mol. The number of hydrogen-bond donors (Lipinski definition) is 1. The zero-order chi connectivity index (χ0) is 21.0. The first-order valence-corrected chi connectivity index (χ1v) is 11.4. The highest BCUT2D eigenvalue weighted by molar-refractivity contribution is 7.89. The van der Waals surface area contributed by atoms with E-state index in [1.807, 2.05) is 39.0 Å². The van der Waals surface area contributed by atoms with Crippen molar-refractivity contribution in [2.75, 3.05) is 25.0 Å². The van der Waals surface area contributed by atoms with Gasteiger partial charge in [0.25, 0.3) is 0 Å². The van der Waals surface area contributed by atoms with Crippen molar-refractivity contribution in [3.8, 4) is 5.75 Å². The average Bonchev–Trinajstić information content (AvgIpc) is 2.71. The molecule has 1 heterocycles. The normalized spacial score (nSPS) is 15.8. The van der Waals surface area contributed by atoms with Crippen LogP contribution in [-0.2, 0) is 14.8 Å². The first-order valence-electron chi connectivity index (χ1n) is 9.92. The third-order valence-electron chi connectivity index (χ3n) is 5.25. The SMILES string of the molecule is CCOc1ccc(S(=O)(=O)N2CCC(C(=O)Nc3cc(C)ccc3C)CC2)cc1. The molecule has 1 N–H and O–H groups in total. The molecule has 0 saturated carbocycles. The quantitative estimate of drug-likeness (QED) is 0.778. The predicted molar refractivity (Wildman–Crippen MR) is 114 cm³/mol. The Bertz CT molecular complexity index is 963. The van der Waals surface area contributed by atoms with Crippen LogP contribution in [0.15, 0.2) is 47.4 Å². The van der Waals surface area contributed by atoms with Crippen LogP contribution in [0.25, 0.3) is 0 Å². The van der Waals surface area contributed by atoms with Crippen LogP contribution >= 0.6 is 0 Å². The monoisotopic (exact) mass is 416 g/mol. The number of hydrogen-bond acceptors (Lipinski definition) is 4. The van der Waals surface area contributed by atoms with Gasteiger partial charge in [0, 0.05) is 24.7 Å². The summed E-state index contributed by atoms with van der Waals surface area (Å²) in [4.78, 5) is 12.9. The van der Waals surface area contributed by atoms with Gasteiger partial charge in [-0.15, -0.1) is 0 Å². The van der Waals surface area contributed by atoms with Crippen LogP contribution in [-0.4, -0.2) is 38.3 Å². The Morgan fingerprint density at radius 3 is 2.38 bits per heavy atom. The van der Waals surface area contributed by atoms with Crippen LogP contribution in [0.5, 0.6) is 5.75 Å². The molecule has 6 nitrogen and oxygen atoms in total. The van der Waals surface area contributed by atoms with Crippen molar-refractivity contribution >= 4 is 21.6 Å². The van der Waals surface area contributed by atoms with Crippen molar-refractivity contribution < 1.29 is 17.9 Å². The first kappa shape index (κ1) is 21.3. The summed E-state index contributed by atoms with van der Waals surface area (Å²) in [5.41, 5.74) is 2.92. The Balaban J connectivity index is 1.61. The van der Waals surface area contributed by atoms with Gasteiger partial charge in [-0.25, -0.2) is 8.42 Å². The zero-order valence-corrected chi connectivity index (χ0v) is 18.0. The van der Waals surface area contributed by atoms with E-state index in [-0.39, 0.29) is 16.7 Å². The van der Waals surface area contributed by atoms with E-state index in [1.165, 1.54) is 4.31 Å². The van der Waals surface area contributed by atoms with Crippen LogP contribution in [0.2, 0.25) is 0 Å². The van der Waals surface area contributed by atoms with E-state index in [0.717, 1.165) is 16.8 Å². The maximum absolute atomic E-state index is 12.9. The molecule has 0 bridgehead atoms. The molecule has 3 rings (SSSR count). The number of anilines is 1. The fourth-order valence-electron chi connectivity index (χ4n) is 3.49. The highest BCUT2D eigenvalue weighted by Crippen LogP contribution is 2.26. The fourth-order valence-corrected chi connectivity index (χ4v) is 4.96. The number of nitrogens with one attached hydrogen (secondary N) is 1. The van der Waals surface area contributed by atoms with E-state index >= 15 is 0 Å². The van der Waals surface area contributed by atoms with Crippen molar-refractivity contribution in [1.29, 1.82) is 0 Å². The van der Waals surface area contributed by atoms with Gasteiger partial charge in [-0.1, -0.05) is 12.1 Å². The zero-order valence-electron chi connectivity index (χ0n) is 17.1.